The maximum atomic E-state index is 12.5. The first kappa shape index (κ1) is 34.0. The molecule has 2 aliphatic heterocycles. The molecular formula is C33H35ClN4O10. The van der Waals surface area contributed by atoms with E-state index in [0.717, 1.165) is 5.56 Å². The van der Waals surface area contributed by atoms with Crippen LogP contribution >= 0.6 is 11.6 Å². The molecule has 0 aliphatic carbocycles. The Morgan fingerprint density at radius 3 is 2.67 bits per heavy atom. The standard InChI is InChI=1S/C33H35ClN4O10/c1-5-44-26-13-21(30-29(32(40)43-4)18(2)36-33(41)37-30)7-9-23(26)45-16-28(39)38-35-14-20-10-22(34)31(27(12-20)42-3)46-15-19-6-8-24-25(11-19)48-17-47-24/h6-14,28,30,38-39H,5,15-17H2,1-4H3,(H2,36,37,41)/b35-14-/t28-,30+/m0/s1. The summed E-state index contributed by atoms with van der Waals surface area (Å²) < 4.78 is 38.7. The van der Waals surface area contributed by atoms with Crippen LogP contribution in [0.4, 0.5) is 4.79 Å². The number of rotatable bonds is 14. The molecular weight excluding hydrogens is 648 g/mol. The lowest BCUT2D eigenvalue weighted by Gasteiger charge is -2.28. The Morgan fingerprint density at radius 2 is 1.90 bits per heavy atom. The Balaban J connectivity index is 1.19. The third-order valence-corrected chi connectivity index (χ3v) is 7.46. The van der Waals surface area contributed by atoms with E-state index in [4.69, 9.17) is 44.8 Å². The summed E-state index contributed by atoms with van der Waals surface area (Å²) in [6.45, 7) is 3.96. The molecule has 4 N–H and O–H groups in total. The SMILES string of the molecule is CCOc1cc([C@H]2NC(=O)NC(C)=C2C(=O)OC)ccc1OC[C@H](O)N/N=C\c1cc(Cl)c(OCc2ccc3c(c2)OCO3)c(OC)c1. The number of nitrogens with zero attached hydrogens (tertiary/aromatic N) is 1. The predicted molar refractivity (Wildman–Crippen MR) is 174 cm³/mol. The normalized spacial score (nSPS) is 15.8. The van der Waals surface area contributed by atoms with Gasteiger partial charge in [-0.05, 0) is 66.9 Å². The van der Waals surface area contributed by atoms with Crippen LogP contribution in [0.25, 0.3) is 0 Å². The fourth-order valence-electron chi connectivity index (χ4n) is 4.96. The molecule has 0 fully saturated rings. The van der Waals surface area contributed by atoms with Gasteiger partial charge in [0.25, 0.3) is 0 Å². The van der Waals surface area contributed by atoms with Gasteiger partial charge in [0.05, 0.1) is 43.7 Å². The number of nitrogens with one attached hydrogen (secondary N) is 3. The molecule has 254 valence electrons. The number of benzene rings is 3. The van der Waals surface area contributed by atoms with E-state index in [2.05, 4.69) is 21.2 Å². The second kappa shape index (κ2) is 15.5. The summed E-state index contributed by atoms with van der Waals surface area (Å²) in [5.74, 6) is 2.20. The Hall–Kier alpha value is -5.34. The van der Waals surface area contributed by atoms with Gasteiger partial charge < -0.3 is 48.9 Å². The fraction of sp³-hybridized carbons (Fsp3) is 0.303. The number of fused-ring (bicyclic) bond motifs is 1. The number of halogens is 1. The number of hydrogen-bond donors (Lipinski definition) is 4. The Bertz CT molecular complexity index is 1730. The molecule has 14 nitrogen and oxygen atoms in total. The zero-order valence-electron chi connectivity index (χ0n) is 26.6. The molecule has 3 aromatic carbocycles. The second-order valence-electron chi connectivity index (χ2n) is 10.4. The van der Waals surface area contributed by atoms with Crippen LogP contribution in [-0.2, 0) is 16.1 Å². The average molecular weight is 683 g/mol. The average Bonchev–Trinajstić information content (AvgIpc) is 3.54. The van der Waals surface area contributed by atoms with Crippen molar-refractivity contribution in [3.05, 3.63) is 81.5 Å². The van der Waals surface area contributed by atoms with Crippen molar-refractivity contribution in [1.82, 2.24) is 16.1 Å². The molecule has 48 heavy (non-hydrogen) atoms. The first-order valence-corrected chi connectivity index (χ1v) is 15.2. The van der Waals surface area contributed by atoms with E-state index in [-0.39, 0.29) is 25.6 Å². The Labute approximate surface area is 281 Å². The molecule has 5 rings (SSSR count). The monoisotopic (exact) mass is 682 g/mol. The van der Waals surface area contributed by atoms with Crippen LogP contribution in [0.15, 0.2) is 64.9 Å². The minimum Gasteiger partial charge on any atom is -0.493 e. The number of hydrazone groups is 1. The van der Waals surface area contributed by atoms with E-state index in [9.17, 15) is 14.7 Å². The summed E-state index contributed by atoms with van der Waals surface area (Å²) >= 11 is 6.52. The van der Waals surface area contributed by atoms with Gasteiger partial charge >= 0.3 is 12.0 Å². The number of esters is 1. The van der Waals surface area contributed by atoms with Crippen molar-refractivity contribution in [1.29, 1.82) is 0 Å². The number of carbonyl (C=O) groups excluding carboxylic acids is 2. The van der Waals surface area contributed by atoms with Crippen LogP contribution in [0.1, 0.15) is 36.6 Å². The zero-order valence-corrected chi connectivity index (χ0v) is 27.4. The molecule has 0 unspecified atom stereocenters. The summed E-state index contributed by atoms with van der Waals surface area (Å²) in [5.41, 5.74) is 5.26. The van der Waals surface area contributed by atoms with Gasteiger partial charge in [-0.1, -0.05) is 23.7 Å². The third-order valence-electron chi connectivity index (χ3n) is 7.18. The molecule has 0 saturated carbocycles. The van der Waals surface area contributed by atoms with Crippen molar-refractivity contribution in [3.63, 3.8) is 0 Å². The topological polar surface area (TPSA) is 167 Å². The molecule has 3 aromatic rings. The fourth-order valence-corrected chi connectivity index (χ4v) is 5.23. The summed E-state index contributed by atoms with van der Waals surface area (Å²) in [6, 6.07) is 12.6. The van der Waals surface area contributed by atoms with Crippen LogP contribution in [0, 0.1) is 0 Å². The number of aliphatic hydroxyl groups is 1. The number of ether oxygens (including phenoxy) is 7. The number of hydrogen-bond acceptors (Lipinski definition) is 12. The van der Waals surface area contributed by atoms with Crippen molar-refractivity contribution in [2.75, 3.05) is 34.2 Å². The van der Waals surface area contributed by atoms with E-state index in [0.29, 0.717) is 63.0 Å². The minimum atomic E-state index is -1.20. The molecule has 0 bridgehead atoms. The van der Waals surface area contributed by atoms with E-state index in [1.54, 1.807) is 44.2 Å². The summed E-state index contributed by atoms with van der Waals surface area (Å²) in [5, 5.41) is 20.2. The van der Waals surface area contributed by atoms with Gasteiger partial charge in [-0.3, -0.25) is 5.43 Å². The second-order valence-corrected chi connectivity index (χ2v) is 10.8. The molecule has 2 aliphatic rings. The lowest BCUT2D eigenvalue weighted by molar-refractivity contribution is -0.136. The highest BCUT2D eigenvalue weighted by molar-refractivity contribution is 6.32. The Morgan fingerprint density at radius 1 is 1.08 bits per heavy atom. The zero-order chi connectivity index (χ0) is 34.2. The summed E-state index contributed by atoms with van der Waals surface area (Å²) in [6.07, 6.45) is 0.263. The number of amides is 2. The van der Waals surface area contributed by atoms with Crippen LogP contribution in [0.5, 0.6) is 34.5 Å². The lowest BCUT2D eigenvalue weighted by atomic mass is 9.95. The number of methoxy groups -OCH3 is 2. The van der Waals surface area contributed by atoms with Gasteiger partial charge in [-0.25, -0.2) is 9.59 Å². The minimum absolute atomic E-state index is 0.185. The van der Waals surface area contributed by atoms with Gasteiger partial charge in [0, 0.05) is 5.70 Å². The Kier molecular flexibility index (Phi) is 11.0. The smallest absolute Gasteiger partial charge is 0.337 e. The first-order valence-electron chi connectivity index (χ1n) is 14.8. The van der Waals surface area contributed by atoms with Crippen LogP contribution < -0.4 is 44.5 Å². The van der Waals surface area contributed by atoms with Gasteiger partial charge in [0.15, 0.2) is 40.7 Å². The van der Waals surface area contributed by atoms with E-state index in [1.165, 1.54) is 20.4 Å². The molecule has 0 saturated heterocycles. The largest absolute Gasteiger partial charge is 0.493 e. The van der Waals surface area contributed by atoms with Gasteiger partial charge in [0.1, 0.15) is 13.2 Å². The van der Waals surface area contributed by atoms with Crippen LogP contribution in [-0.4, -0.2) is 63.8 Å². The molecule has 0 spiro atoms. The highest BCUT2D eigenvalue weighted by Gasteiger charge is 2.32. The molecule has 2 heterocycles. The summed E-state index contributed by atoms with van der Waals surface area (Å²) in [7, 11) is 2.77. The van der Waals surface area contributed by atoms with Gasteiger partial charge in [-0.15, -0.1) is 0 Å². The van der Waals surface area contributed by atoms with Crippen molar-refractivity contribution >= 4 is 29.8 Å². The highest BCUT2D eigenvalue weighted by Crippen LogP contribution is 2.38. The maximum absolute atomic E-state index is 12.5. The quantitative estimate of drug-likeness (QED) is 0.0834. The maximum Gasteiger partial charge on any atom is 0.337 e. The number of allylic oxidation sites excluding steroid dienone is 1. The van der Waals surface area contributed by atoms with E-state index >= 15 is 0 Å². The molecule has 15 heteroatoms. The number of aliphatic hydroxyl groups excluding tert-OH is 1. The number of carbonyl (C=O) groups is 2. The lowest BCUT2D eigenvalue weighted by Crippen LogP contribution is -2.45. The molecule has 0 radical (unpaired) electrons. The van der Waals surface area contributed by atoms with Gasteiger partial charge in [0.2, 0.25) is 6.79 Å². The summed E-state index contributed by atoms with van der Waals surface area (Å²) in [4.78, 5) is 24.6. The van der Waals surface area contributed by atoms with Gasteiger partial charge in [-0.2, -0.15) is 5.10 Å². The molecule has 0 aromatic heterocycles. The number of urea groups is 1. The molecule has 2 amide bonds. The van der Waals surface area contributed by atoms with Crippen LogP contribution in [0.3, 0.4) is 0 Å². The molecule has 2 atom stereocenters. The highest BCUT2D eigenvalue weighted by atomic mass is 35.5. The van der Waals surface area contributed by atoms with Crippen molar-refractivity contribution in [3.8, 4) is 34.5 Å². The predicted octanol–water partition coefficient (Wildman–Crippen LogP) is 4.18. The van der Waals surface area contributed by atoms with Crippen LogP contribution in [0.2, 0.25) is 5.02 Å². The van der Waals surface area contributed by atoms with E-state index < -0.39 is 24.3 Å². The van der Waals surface area contributed by atoms with Crippen molar-refractivity contribution < 1.29 is 47.9 Å². The van der Waals surface area contributed by atoms with E-state index in [1.807, 2.05) is 18.2 Å². The first-order chi connectivity index (χ1) is 23.2. The van der Waals surface area contributed by atoms with Crippen molar-refractivity contribution in [2.45, 2.75) is 32.7 Å². The van der Waals surface area contributed by atoms with Crippen molar-refractivity contribution in [2.24, 2.45) is 5.10 Å². The third kappa shape index (κ3) is 7.96.